The lowest BCUT2D eigenvalue weighted by atomic mass is 10.1. The van der Waals surface area contributed by atoms with Gasteiger partial charge < -0.3 is 11.1 Å². The zero-order chi connectivity index (χ0) is 14.7. The van der Waals surface area contributed by atoms with Gasteiger partial charge in [-0.15, -0.1) is 0 Å². The molecule has 0 aliphatic heterocycles. The second-order valence-electron chi connectivity index (χ2n) is 4.15. The summed E-state index contributed by atoms with van der Waals surface area (Å²) in [5, 5.41) is 3.43. The minimum Gasteiger partial charge on any atom is -0.380 e. The number of halogens is 3. The summed E-state index contributed by atoms with van der Waals surface area (Å²) in [7, 11) is 0. The second kappa shape index (κ2) is 6.24. The van der Waals surface area contributed by atoms with E-state index >= 15 is 0 Å². The van der Waals surface area contributed by atoms with Crippen molar-refractivity contribution in [1.29, 1.82) is 0 Å². The van der Waals surface area contributed by atoms with Crippen LogP contribution in [0, 0.1) is 5.82 Å². The molecule has 3 nitrogen and oxygen atoms in total. The topological polar surface area (TPSA) is 55.1 Å². The molecule has 0 unspecified atom stereocenters. The van der Waals surface area contributed by atoms with Crippen molar-refractivity contribution in [3.8, 4) is 0 Å². The van der Waals surface area contributed by atoms with E-state index in [9.17, 15) is 9.18 Å². The number of primary amides is 1. The largest absolute Gasteiger partial charge is 0.380 e. The Morgan fingerprint density at radius 3 is 2.70 bits per heavy atom. The van der Waals surface area contributed by atoms with Crippen LogP contribution in [0.2, 0.25) is 5.02 Å². The van der Waals surface area contributed by atoms with Crippen molar-refractivity contribution < 1.29 is 9.18 Å². The molecule has 104 valence electrons. The Morgan fingerprint density at radius 1 is 1.30 bits per heavy atom. The predicted molar refractivity (Wildman–Crippen MR) is 81.4 cm³/mol. The van der Waals surface area contributed by atoms with Crippen molar-refractivity contribution in [3.63, 3.8) is 0 Å². The summed E-state index contributed by atoms with van der Waals surface area (Å²) in [5.41, 5.74) is 6.57. The van der Waals surface area contributed by atoms with Gasteiger partial charge in [0, 0.05) is 22.1 Å². The fraction of sp³-hybridized carbons (Fsp3) is 0.0714. The predicted octanol–water partition coefficient (Wildman–Crippen LogP) is 3.95. The smallest absolute Gasteiger partial charge is 0.248 e. The fourth-order valence-electron chi connectivity index (χ4n) is 1.67. The average molecular weight is 358 g/mol. The molecular formula is C14H11BrClFN2O. The van der Waals surface area contributed by atoms with Crippen LogP contribution in [0.5, 0.6) is 0 Å². The summed E-state index contributed by atoms with van der Waals surface area (Å²) in [5.74, 6) is -0.867. The van der Waals surface area contributed by atoms with Crippen LogP contribution in [-0.4, -0.2) is 5.91 Å². The van der Waals surface area contributed by atoms with Gasteiger partial charge in [0.1, 0.15) is 5.82 Å². The van der Waals surface area contributed by atoms with Crippen molar-refractivity contribution in [2.45, 2.75) is 6.54 Å². The Morgan fingerprint density at radius 2 is 2.05 bits per heavy atom. The summed E-state index contributed by atoms with van der Waals surface area (Å²) in [6.45, 7) is 0.251. The third-order valence-electron chi connectivity index (χ3n) is 2.74. The molecule has 0 saturated carbocycles. The molecule has 0 bridgehead atoms. The maximum Gasteiger partial charge on any atom is 0.248 e. The molecule has 2 rings (SSSR count). The molecule has 2 aromatic rings. The van der Waals surface area contributed by atoms with E-state index in [0.717, 1.165) is 0 Å². The number of hydrogen-bond donors (Lipinski definition) is 2. The van der Waals surface area contributed by atoms with Crippen LogP contribution < -0.4 is 11.1 Å². The van der Waals surface area contributed by atoms with Gasteiger partial charge in [-0.3, -0.25) is 4.79 Å². The van der Waals surface area contributed by atoms with E-state index < -0.39 is 5.91 Å². The summed E-state index contributed by atoms with van der Waals surface area (Å²) < 4.78 is 14.4. The standard InChI is InChI=1S/C14H11BrClFN2O/c15-10-3-1-9(12(17)6-10)7-19-13-5-8(14(18)20)2-4-11(13)16/h1-6,19H,7H2,(H2,18,20). The highest BCUT2D eigenvalue weighted by Gasteiger charge is 2.07. The number of amides is 1. The van der Waals surface area contributed by atoms with E-state index in [1.54, 1.807) is 24.3 Å². The first kappa shape index (κ1) is 14.8. The normalized spacial score (nSPS) is 10.3. The highest BCUT2D eigenvalue weighted by Crippen LogP contribution is 2.24. The Hall–Kier alpha value is -1.59. The van der Waals surface area contributed by atoms with Crippen LogP contribution in [0.15, 0.2) is 40.9 Å². The summed E-state index contributed by atoms with van der Waals surface area (Å²) in [6.07, 6.45) is 0. The number of benzene rings is 2. The van der Waals surface area contributed by atoms with Crippen LogP contribution in [0.1, 0.15) is 15.9 Å². The molecule has 6 heteroatoms. The number of carbonyl (C=O) groups excluding carboxylic acids is 1. The molecule has 0 radical (unpaired) electrons. The molecule has 0 aliphatic rings. The third-order valence-corrected chi connectivity index (χ3v) is 3.56. The van der Waals surface area contributed by atoms with Gasteiger partial charge >= 0.3 is 0 Å². The summed E-state index contributed by atoms with van der Waals surface area (Å²) in [4.78, 5) is 11.1. The SMILES string of the molecule is NC(=O)c1ccc(Cl)c(NCc2ccc(Br)cc2F)c1. The minimum absolute atomic E-state index is 0.251. The van der Waals surface area contributed by atoms with E-state index in [1.165, 1.54) is 12.1 Å². The van der Waals surface area contributed by atoms with Crippen LogP contribution in [-0.2, 0) is 6.54 Å². The summed E-state index contributed by atoms with van der Waals surface area (Å²) in [6, 6.07) is 9.46. The fourth-order valence-corrected chi connectivity index (χ4v) is 2.19. The molecule has 0 heterocycles. The molecular weight excluding hydrogens is 347 g/mol. The van der Waals surface area contributed by atoms with Gasteiger partial charge in [-0.1, -0.05) is 33.6 Å². The van der Waals surface area contributed by atoms with Gasteiger partial charge in [0.25, 0.3) is 0 Å². The molecule has 0 aliphatic carbocycles. The number of carbonyl (C=O) groups is 1. The lowest BCUT2D eigenvalue weighted by Crippen LogP contribution is -2.11. The van der Waals surface area contributed by atoms with Gasteiger partial charge in [-0.25, -0.2) is 4.39 Å². The lowest BCUT2D eigenvalue weighted by Gasteiger charge is -2.10. The zero-order valence-electron chi connectivity index (χ0n) is 10.3. The van der Waals surface area contributed by atoms with E-state index in [1.807, 2.05) is 0 Å². The number of anilines is 1. The Bertz CT molecular complexity index is 664. The van der Waals surface area contributed by atoms with Gasteiger partial charge in [0.2, 0.25) is 5.91 Å². The van der Waals surface area contributed by atoms with Crippen molar-refractivity contribution in [3.05, 3.63) is 62.8 Å². The van der Waals surface area contributed by atoms with Crippen LogP contribution in [0.3, 0.4) is 0 Å². The van der Waals surface area contributed by atoms with Gasteiger partial charge in [0.15, 0.2) is 0 Å². The van der Waals surface area contributed by atoms with Crippen molar-refractivity contribution >= 4 is 39.1 Å². The summed E-state index contributed by atoms with van der Waals surface area (Å²) >= 11 is 9.21. The molecule has 0 aromatic heterocycles. The van der Waals surface area contributed by atoms with Gasteiger partial charge in [-0.05, 0) is 30.3 Å². The van der Waals surface area contributed by atoms with Crippen LogP contribution >= 0.6 is 27.5 Å². The van der Waals surface area contributed by atoms with E-state index in [-0.39, 0.29) is 12.4 Å². The monoisotopic (exact) mass is 356 g/mol. The average Bonchev–Trinajstić information content (AvgIpc) is 2.39. The minimum atomic E-state index is -0.542. The molecule has 0 spiro atoms. The zero-order valence-corrected chi connectivity index (χ0v) is 12.6. The third kappa shape index (κ3) is 3.49. The quantitative estimate of drug-likeness (QED) is 0.870. The van der Waals surface area contributed by atoms with E-state index in [2.05, 4.69) is 21.2 Å². The second-order valence-corrected chi connectivity index (χ2v) is 5.47. The molecule has 0 atom stereocenters. The maximum atomic E-state index is 13.7. The number of nitrogens with two attached hydrogens (primary N) is 1. The van der Waals surface area contributed by atoms with Crippen molar-refractivity contribution in [2.24, 2.45) is 5.73 Å². The first-order valence-electron chi connectivity index (χ1n) is 5.74. The highest BCUT2D eigenvalue weighted by atomic mass is 79.9. The van der Waals surface area contributed by atoms with E-state index in [4.69, 9.17) is 17.3 Å². The first-order chi connectivity index (χ1) is 9.47. The Balaban J connectivity index is 2.18. The van der Waals surface area contributed by atoms with Gasteiger partial charge in [-0.2, -0.15) is 0 Å². The molecule has 0 fully saturated rings. The van der Waals surface area contributed by atoms with Crippen molar-refractivity contribution in [2.75, 3.05) is 5.32 Å². The van der Waals surface area contributed by atoms with Crippen LogP contribution in [0.25, 0.3) is 0 Å². The maximum absolute atomic E-state index is 13.7. The molecule has 0 saturated heterocycles. The molecule has 1 amide bonds. The number of rotatable bonds is 4. The number of hydrogen-bond acceptors (Lipinski definition) is 2. The Kier molecular flexibility index (Phi) is 4.62. The Labute approximate surface area is 129 Å². The van der Waals surface area contributed by atoms with Gasteiger partial charge in [0.05, 0.1) is 10.7 Å². The molecule has 2 aromatic carbocycles. The molecule has 20 heavy (non-hydrogen) atoms. The number of nitrogens with one attached hydrogen (secondary N) is 1. The molecule has 3 N–H and O–H groups in total. The van der Waals surface area contributed by atoms with Crippen LogP contribution in [0.4, 0.5) is 10.1 Å². The first-order valence-corrected chi connectivity index (χ1v) is 6.91. The lowest BCUT2D eigenvalue weighted by molar-refractivity contribution is 0.100. The van der Waals surface area contributed by atoms with Crippen molar-refractivity contribution in [1.82, 2.24) is 0 Å². The van der Waals surface area contributed by atoms with E-state index in [0.29, 0.717) is 26.3 Å². The highest BCUT2D eigenvalue weighted by molar-refractivity contribution is 9.10.